The molecule has 98 valence electrons. The average Bonchev–Trinajstić information content (AvgIpc) is 2.46. The van der Waals surface area contributed by atoms with Crippen LogP contribution in [0.5, 0.6) is 0 Å². The summed E-state index contributed by atoms with van der Waals surface area (Å²) in [6.45, 7) is 1.74. The number of aryl methyl sites for hydroxylation is 1. The van der Waals surface area contributed by atoms with Gasteiger partial charge in [0.25, 0.3) is 0 Å². The van der Waals surface area contributed by atoms with Crippen molar-refractivity contribution in [3.8, 4) is 0 Å². The van der Waals surface area contributed by atoms with Gasteiger partial charge in [-0.2, -0.15) is 7.82 Å². The second-order valence-electron chi connectivity index (χ2n) is 2.74. The maximum atomic E-state index is 10.4. The van der Waals surface area contributed by atoms with Crippen molar-refractivity contribution < 1.29 is 29.3 Å². The van der Waals surface area contributed by atoms with Crippen LogP contribution in [0.15, 0.2) is 6.20 Å². The molecule has 1 N–H and O–H groups in total. The van der Waals surface area contributed by atoms with Gasteiger partial charge in [0.05, 0.1) is 6.61 Å². The molecule has 0 aromatic carbocycles. The van der Waals surface area contributed by atoms with E-state index < -0.39 is 12.7 Å². The van der Waals surface area contributed by atoms with E-state index in [2.05, 4.69) is 4.98 Å². The molecule has 0 aliphatic carbocycles. The van der Waals surface area contributed by atoms with Crippen LogP contribution in [0.1, 0.15) is 5.82 Å². The van der Waals surface area contributed by atoms with Gasteiger partial charge in [0, 0.05) is 6.92 Å². The predicted octanol–water partition coefficient (Wildman–Crippen LogP) is -3.11. The zero-order valence-corrected chi connectivity index (χ0v) is 11.3. The van der Waals surface area contributed by atoms with Crippen molar-refractivity contribution in [3.05, 3.63) is 22.1 Å². The average molecular weight is 293 g/mol. The topological polar surface area (TPSA) is 167 Å². The maximum Gasteiger partial charge on any atom is 3.00 e. The van der Waals surface area contributed by atoms with Crippen molar-refractivity contribution in [2.45, 2.75) is 13.5 Å². The first-order valence-electron chi connectivity index (χ1n) is 4.17. The van der Waals surface area contributed by atoms with Gasteiger partial charge < -0.3 is 34.5 Å². The maximum absolute atomic E-state index is 10.4. The van der Waals surface area contributed by atoms with Crippen LogP contribution in [-0.4, -0.2) is 43.5 Å². The summed E-state index contributed by atoms with van der Waals surface area (Å²) in [5.74, 6) is 0.456. The number of imidazole rings is 1. The first-order chi connectivity index (χ1) is 7.66. The van der Waals surface area contributed by atoms with E-state index in [4.69, 9.17) is 24.4 Å². The molecule has 1 aromatic heterocycles. The van der Waals surface area contributed by atoms with Gasteiger partial charge in [-0.3, -0.25) is 0 Å². The third-order valence-corrected chi connectivity index (χ3v) is 1.54. The van der Waals surface area contributed by atoms with E-state index in [9.17, 15) is 10.1 Å². The molecule has 0 radical (unpaired) electrons. The predicted molar refractivity (Wildman–Crippen MR) is 54.1 cm³/mol. The Morgan fingerprint density at radius 3 is 2.28 bits per heavy atom. The van der Waals surface area contributed by atoms with Crippen molar-refractivity contribution >= 4 is 31.0 Å². The van der Waals surface area contributed by atoms with Crippen LogP contribution in [0.3, 0.4) is 0 Å². The van der Waals surface area contributed by atoms with Gasteiger partial charge in [0.1, 0.15) is 12.7 Å². The van der Waals surface area contributed by atoms with Gasteiger partial charge in [-0.15, -0.1) is 0 Å². The van der Waals surface area contributed by atoms with E-state index in [1.165, 1.54) is 10.8 Å². The molecule has 0 saturated carbocycles. The van der Waals surface area contributed by atoms with Crippen LogP contribution in [0.2, 0.25) is 0 Å². The van der Waals surface area contributed by atoms with Gasteiger partial charge in [0.15, 0.2) is 5.82 Å². The summed E-state index contributed by atoms with van der Waals surface area (Å²) >= 11 is 0. The molecule has 18 heavy (non-hydrogen) atoms. The first-order valence-corrected chi connectivity index (χ1v) is 5.63. The molecule has 0 atom stereocenters. The Bertz CT molecular complexity index is 423. The zero-order chi connectivity index (χ0) is 13.6. The quantitative estimate of drug-likeness (QED) is 0.264. The zero-order valence-electron chi connectivity index (χ0n) is 9.25. The summed E-state index contributed by atoms with van der Waals surface area (Å²) in [7, 11) is -5.39. The number of aliphatic hydroxyl groups excluding tert-OH is 1. The molecule has 0 aliphatic rings. The number of hydrogen-bond donors (Lipinski definition) is 1. The van der Waals surface area contributed by atoms with Crippen LogP contribution in [0, 0.1) is 17.0 Å². The van der Waals surface area contributed by atoms with E-state index in [1.807, 2.05) is 0 Å². The summed E-state index contributed by atoms with van der Waals surface area (Å²) < 4.78 is 9.91. The molecule has 0 amide bonds. The smallest absolute Gasteiger partial charge is 0.822 e. The van der Waals surface area contributed by atoms with Crippen LogP contribution >= 0.6 is 7.82 Å². The molecule has 0 fully saturated rings. The number of nitrogens with zero attached hydrogens (tertiary/aromatic N) is 3. The summed E-state index contributed by atoms with van der Waals surface area (Å²) in [4.78, 5) is 39.3. The molecule has 0 spiro atoms. The summed E-state index contributed by atoms with van der Waals surface area (Å²) in [5, 5.41) is 19.0. The number of aliphatic hydroxyl groups is 1. The number of nitro groups is 1. The summed E-state index contributed by atoms with van der Waals surface area (Å²) in [6.07, 6.45) is 1.19. The molecular weight excluding hydrogens is 284 g/mol. The number of rotatable bonds is 3. The minimum absolute atomic E-state index is 0. The fourth-order valence-electron chi connectivity index (χ4n) is 0.978. The van der Waals surface area contributed by atoms with Crippen molar-refractivity contribution in [1.29, 1.82) is 0 Å². The van der Waals surface area contributed by atoms with Gasteiger partial charge in [-0.1, -0.05) is 0 Å². The Morgan fingerprint density at radius 1 is 1.50 bits per heavy atom. The van der Waals surface area contributed by atoms with E-state index in [-0.39, 0.29) is 36.3 Å². The van der Waals surface area contributed by atoms with Gasteiger partial charge >= 0.3 is 23.2 Å². The Labute approximate surface area is 112 Å². The standard InChI is InChI=1S/C6H9N3O3.Al.H3O4P/c1-5-7-4-6(9(11)12)8(5)2-3-10;;1-5(2,3)4/h4,10H,2-3H2,1H3;;(H3,1,2,3,4)/q;+3;/p-3. The molecule has 1 aromatic rings. The van der Waals surface area contributed by atoms with Crippen molar-refractivity contribution in [2.24, 2.45) is 0 Å². The molecule has 12 heteroatoms. The Kier molecular flexibility index (Phi) is 9.06. The van der Waals surface area contributed by atoms with Crippen LogP contribution in [0.4, 0.5) is 5.82 Å². The van der Waals surface area contributed by atoms with Crippen molar-refractivity contribution in [2.75, 3.05) is 6.61 Å². The summed E-state index contributed by atoms with van der Waals surface area (Å²) in [5.41, 5.74) is 0. The van der Waals surface area contributed by atoms with Gasteiger partial charge in [-0.25, -0.2) is 9.55 Å². The van der Waals surface area contributed by atoms with Gasteiger partial charge in [-0.05, 0) is 4.92 Å². The Hall–Kier alpha value is -0.788. The fourth-order valence-corrected chi connectivity index (χ4v) is 0.978. The Balaban J connectivity index is 0. The van der Waals surface area contributed by atoms with E-state index in [0.29, 0.717) is 5.82 Å². The fraction of sp³-hybridized carbons (Fsp3) is 0.500. The largest absolute Gasteiger partial charge is 3.00 e. The number of hydrogen-bond acceptors (Lipinski definition) is 8. The molecule has 1 heterocycles. The molecule has 10 nitrogen and oxygen atoms in total. The van der Waals surface area contributed by atoms with Crippen LogP contribution in [0.25, 0.3) is 0 Å². The molecular formula is C6H9AlN3O7P. The molecule has 1 rings (SSSR count). The van der Waals surface area contributed by atoms with Gasteiger partial charge in [0.2, 0.25) is 0 Å². The molecule has 0 aliphatic heterocycles. The normalized spacial score (nSPS) is 10.1. The third kappa shape index (κ3) is 8.32. The third-order valence-electron chi connectivity index (χ3n) is 1.54. The van der Waals surface area contributed by atoms with E-state index >= 15 is 0 Å². The number of phosphoric acid groups is 1. The molecule has 0 bridgehead atoms. The monoisotopic (exact) mass is 293 g/mol. The first kappa shape index (κ1) is 19.5. The SMILES string of the molecule is Cc1ncc([N+](=O)[O-])n1CCO.O=P([O-])([O-])[O-].[Al+3]. The second-order valence-corrected chi connectivity index (χ2v) is 3.64. The second kappa shape index (κ2) is 8.34. The number of aromatic nitrogens is 2. The van der Waals surface area contributed by atoms with Crippen molar-refractivity contribution in [1.82, 2.24) is 9.55 Å². The minimum atomic E-state index is -5.39. The minimum Gasteiger partial charge on any atom is -0.822 e. The van der Waals surface area contributed by atoms with Crippen LogP contribution in [-0.2, 0) is 11.1 Å². The van der Waals surface area contributed by atoms with E-state index in [1.54, 1.807) is 6.92 Å². The van der Waals surface area contributed by atoms with E-state index in [0.717, 1.165) is 0 Å². The molecule has 0 saturated heterocycles. The molecule has 0 unspecified atom stereocenters. The summed E-state index contributed by atoms with van der Waals surface area (Å²) in [6, 6.07) is 0. The Morgan fingerprint density at radius 2 is 1.94 bits per heavy atom. The van der Waals surface area contributed by atoms with Crippen molar-refractivity contribution in [3.63, 3.8) is 0 Å². The van der Waals surface area contributed by atoms with Crippen LogP contribution < -0.4 is 14.7 Å².